The van der Waals surface area contributed by atoms with Gasteiger partial charge in [-0.15, -0.1) is 11.3 Å². The molecule has 0 radical (unpaired) electrons. The lowest BCUT2D eigenvalue weighted by Gasteiger charge is -2.26. The second-order valence-electron chi connectivity index (χ2n) is 5.48. The zero-order valence-electron chi connectivity index (χ0n) is 13.4. The maximum absolute atomic E-state index is 12.8. The lowest BCUT2D eigenvalue weighted by atomic mass is 10.1. The van der Waals surface area contributed by atoms with Crippen molar-refractivity contribution in [2.24, 2.45) is 0 Å². The topological polar surface area (TPSA) is 29.5 Å². The zero-order chi connectivity index (χ0) is 16.4. The number of nitrogens with zero attached hydrogens (tertiary/aromatic N) is 1. The third kappa shape index (κ3) is 2.94. The van der Waals surface area contributed by atoms with Crippen LogP contribution in [-0.4, -0.2) is 25.0 Å². The van der Waals surface area contributed by atoms with E-state index in [4.69, 9.17) is 4.74 Å². The Morgan fingerprint density at radius 1 is 1.13 bits per heavy atom. The number of benzene rings is 2. The van der Waals surface area contributed by atoms with E-state index < -0.39 is 0 Å². The molecule has 4 heteroatoms. The van der Waals surface area contributed by atoms with Gasteiger partial charge >= 0.3 is 0 Å². The molecule has 3 nitrogen and oxygen atoms in total. The highest BCUT2D eigenvalue weighted by molar-refractivity contribution is 7.20. The molecule has 3 rings (SSSR count). The minimum atomic E-state index is -0.0659. The molecule has 0 aliphatic carbocycles. The van der Waals surface area contributed by atoms with Gasteiger partial charge in [-0.2, -0.15) is 0 Å². The number of fused-ring (bicyclic) bond motifs is 1. The largest absolute Gasteiger partial charge is 0.496 e. The molecule has 1 aromatic heterocycles. The number of ether oxygens (including phenoxy) is 1. The Bertz CT molecular complexity index is 807. The van der Waals surface area contributed by atoms with Crippen LogP contribution >= 0.6 is 11.3 Å². The fourth-order valence-electron chi connectivity index (χ4n) is 2.66. The third-order valence-electron chi connectivity index (χ3n) is 4.13. The molecule has 0 aliphatic rings. The van der Waals surface area contributed by atoms with Gasteiger partial charge in [0.15, 0.2) is 0 Å². The number of para-hydroxylation sites is 1. The maximum atomic E-state index is 12.8. The van der Waals surface area contributed by atoms with Gasteiger partial charge in [0.05, 0.1) is 18.0 Å². The van der Waals surface area contributed by atoms with Crippen molar-refractivity contribution in [2.75, 3.05) is 14.2 Å². The van der Waals surface area contributed by atoms with E-state index in [-0.39, 0.29) is 11.9 Å². The Hall–Kier alpha value is -2.33. The Labute approximate surface area is 140 Å². The van der Waals surface area contributed by atoms with Gasteiger partial charge in [-0.05, 0) is 30.5 Å². The van der Waals surface area contributed by atoms with Gasteiger partial charge in [0.2, 0.25) is 0 Å². The van der Waals surface area contributed by atoms with Crippen molar-refractivity contribution in [3.05, 3.63) is 65.0 Å². The Kier molecular flexibility index (Phi) is 4.35. The second kappa shape index (κ2) is 6.42. The molecule has 1 heterocycles. The van der Waals surface area contributed by atoms with Crippen molar-refractivity contribution in [2.45, 2.75) is 13.0 Å². The minimum absolute atomic E-state index is 0.0320. The predicted molar refractivity (Wildman–Crippen MR) is 95.3 cm³/mol. The van der Waals surface area contributed by atoms with E-state index in [1.165, 1.54) is 11.3 Å². The first-order valence-corrected chi connectivity index (χ1v) is 8.32. The molecule has 3 aromatic rings. The molecule has 0 aliphatic heterocycles. The van der Waals surface area contributed by atoms with Crippen molar-refractivity contribution in [3.8, 4) is 5.75 Å². The molecule has 23 heavy (non-hydrogen) atoms. The first-order chi connectivity index (χ1) is 11.1. The highest BCUT2D eigenvalue weighted by Crippen LogP contribution is 2.31. The van der Waals surface area contributed by atoms with E-state index in [2.05, 4.69) is 0 Å². The van der Waals surface area contributed by atoms with Crippen molar-refractivity contribution in [1.29, 1.82) is 0 Å². The van der Waals surface area contributed by atoms with Crippen LogP contribution in [0, 0.1) is 0 Å². The summed E-state index contributed by atoms with van der Waals surface area (Å²) in [6.45, 7) is 2.02. The molecule has 0 unspecified atom stereocenters. The fourth-order valence-corrected chi connectivity index (χ4v) is 3.70. The molecule has 2 aromatic carbocycles. The summed E-state index contributed by atoms with van der Waals surface area (Å²) in [5, 5.41) is 1.11. The van der Waals surface area contributed by atoms with Crippen molar-refractivity contribution in [1.82, 2.24) is 4.90 Å². The van der Waals surface area contributed by atoms with Gasteiger partial charge < -0.3 is 9.64 Å². The summed E-state index contributed by atoms with van der Waals surface area (Å²) >= 11 is 1.53. The van der Waals surface area contributed by atoms with E-state index in [1.54, 1.807) is 12.0 Å². The van der Waals surface area contributed by atoms with Crippen LogP contribution in [0.25, 0.3) is 10.1 Å². The summed E-state index contributed by atoms with van der Waals surface area (Å²) in [5.41, 5.74) is 1.01. The van der Waals surface area contributed by atoms with Crippen LogP contribution in [0.3, 0.4) is 0 Å². The highest BCUT2D eigenvalue weighted by Gasteiger charge is 2.22. The smallest absolute Gasteiger partial charge is 0.264 e. The van der Waals surface area contributed by atoms with Gasteiger partial charge in [0.1, 0.15) is 5.75 Å². The number of hydrogen-bond acceptors (Lipinski definition) is 3. The molecule has 0 fully saturated rings. The average Bonchev–Trinajstić information content (AvgIpc) is 3.03. The number of thiophene rings is 1. The first kappa shape index (κ1) is 15.6. The molecule has 0 saturated heterocycles. The van der Waals surface area contributed by atoms with Crippen LogP contribution < -0.4 is 4.74 Å². The number of carbonyl (C=O) groups is 1. The predicted octanol–water partition coefficient (Wildman–Crippen LogP) is 4.74. The Morgan fingerprint density at radius 2 is 1.83 bits per heavy atom. The van der Waals surface area contributed by atoms with Crippen LogP contribution in [-0.2, 0) is 0 Å². The molecule has 1 amide bonds. The van der Waals surface area contributed by atoms with Crippen molar-refractivity contribution in [3.63, 3.8) is 0 Å². The summed E-state index contributed by atoms with van der Waals surface area (Å²) in [5.74, 6) is 0.834. The Morgan fingerprint density at radius 3 is 2.57 bits per heavy atom. The zero-order valence-corrected chi connectivity index (χ0v) is 14.3. The summed E-state index contributed by atoms with van der Waals surface area (Å²) in [7, 11) is 3.49. The second-order valence-corrected chi connectivity index (χ2v) is 6.57. The number of carbonyl (C=O) groups excluding carboxylic acids is 1. The lowest BCUT2D eigenvalue weighted by Crippen LogP contribution is -2.29. The monoisotopic (exact) mass is 325 g/mol. The first-order valence-electron chi connectivity index (χ1n) is 7.50. The molecular weight excluding hydrogens is 306 g/mol. The Balaban J connectivity index is 1.89. The van der Waals surface area contributed by atoms with Gasteiger partial charge in [-0.3, -0.25) is 4.79 Å². The summed E-state index contributed by atoms with van der Waals surface area (Å²) in [6.07, 6.45) is 0. The maximum Gasteiger partial charge on any atom is 0.264 e. The van der Waals surface area contributed by atoms with Gasteiger partial charge in [-0.1, -0.05) is 36.4 Å². The molecule has 1 atom stereocenters. The van der Waals surface area contributed by atoms with Crippen LogP contribution in [0.4, 0.5) is 0 Å². The normalized spacial score (nSPS) is 12.1. The highest BCUT2D eigenvalue weighted by atomic mass is 32.1. The summed E-state index contributed by atoms with van der Waals surface area (Å²) in [6, 6.07) is 17.8. The quantitative estimate of drug-likeness (QED) is 0.693. The van der Waals surface area contributed by atoms with E-state index in [0.717, 1.165) is 26.3 Å². The van der Waals surface area contributed by atoms with E-state index in [0.29, 0.717) is 0 Å². The van der Waals surface area contributed by atoms with E-state index in [9.17, 15) is 4.79 Å². The minimum Gasteiger partial charge on any atom is -0.496 e. The lowest BCUT2D eigenvalue weighted by molar-refractivity contribution is 0.0746. The number of rotatable bonds is 4. The standard InChI is InChI=1S/C19H19NO2S/c1-13(15-9-5-6-10-16(15)22-3)20(2)19(21)18-12-14-8-4-7-11-17(14)23-18/h4-13H,1-3H3/t13-/m0/s1. The fraction of sp³-hybridized carbons (Fsp3) is 0.211. The SMILES string of the molecule is COc1ccccc1[C@H](C)N(C)C(=O)c1cc2ccccc2s1. The molecule has 0 spiro atoms. The molecule has 118 valence electrons. The molecule has 0 N–H and O–H groups in total. The number of methoxy groups -OCH3 is 1. The van der Waals surface area contributed by atoms with E-state index >= 15 is 0 Å². The van der Waals surface area contributed by atoms with Gasteiger partial charge in [0, 0.05) is 17.3 Å². The number of hydrogen-bond donors (Lipinski definition) is 0. The molecule has 0 bridgehead atoms. The van der Waals surface area contributed by atoms with Crippen LogP contribution in [0.5, 0.6) is 5.75 Å². The summed E-state index contributed by atoms with van der Waals surface area (Å²) < 4.78 is 6.55. The summed E-state index contributed by atoms with van der Waals surface area (Å²) in [4.78, 5) is 15.4. The number of amides is 1. The third-order valence-corrected chi connectivity index (χ3v) is 5.23. The molecule has 0 saturated carbocycles. The van der Waals surface area contributed by atoms with Crippen LogP contribution in [0.2, 0.25) is 0 Å². The van der Waals surface area contributed by atoms with E-state index in [1.807, 2.05) is 68.6 Å². The van der Waals surface area contributed by atoms with Crippen molar-refractivity contribution < 1.29 is 9.53 Å². The van der Waals surface area contributed by atoms with Gasteiger partial charge in [0.25, 0.3) is 5.91 Å². The van der Waals surface area contributed by atoms with Crippen LogP contribution in [0.1, 0.15) is 28.2 Å². The molecular formula is C19H19NO2S. The van der Waals surface area contributed by atoms with Crippen LogP contribution in [0.15, 0.2) is 54.6 Å². The van der Waals surface area contributed by atoms with Gasteiger partial charge in [-0.25, -0.2) is 0 Å². The average molecular weight is 325 g/mol. The van der Waals surface area contributed by atoms with Crippen molar-refractivity contribution >= 4 is 27.3 Å².